The first kappa shape index (κ1) is 11.8. The van der Waals surface area contributed by atoms with Crippen LogP contribution < -0.4 is 5.43 Å². The third-order valence-electron chi connectivity index (χ3n) is 1.70. The zero-order valence-electron chi connectivity index (χ0n) is 8.73. The molecule has 2 N–H and O–H groups in total. The summed E-state index contributed by atoms with van der Waals surface area (Å²) in [7, 11) is 0. The van der Waals surface area contributed by atoms with Crippen molar-refractivity contribution < 1.29 is 0 Å². The van der Waals surface area contributed by atoms with Crippen molar-refractivity contribution in [3.8, 4) is 0 Å². The summed E-state index contributed by atoms with van der Waals surface area (Å²) < 4.78 is 0. The molecule has 80 valence electrons. The molecule has 1 aromatic carbocycles. The Labute approximate surface area is 94.5 Å². The number of hydrogen-bond acceptors (Lipinski definition) is 4. The SMILES string of the molecule is CCN/N=C(\C=N)SCc1ccccc1. The Morgan fingerprint density at radius 2 is 2.20 bits per heavy atom. The monoisotopic (exact) mass is 221 g/mol. The minimum Gasteiger partial charge on any atom is -0.309 e. The van der Waals surface area contributed by atoms with E-state index >= 15 is 0 Å². The molecule has 0 radical (unpaired) electrons. The third-order valence-corrected chi connectivity index (χ3v) is 2.68. The van der Waals surface area contributed by atoms with Crippen molar-refractivity contribution in [3.05, 3.63) is 35.9 Å². The van der Waals surface area contributed by atoms with E-state index in [9.17, 15) is 0 Å². The van der Waals surface area contributed by atoms with E-state index in [1.54, 1.807) is 11.8 Å². The van der Waals surface area contributed by atoms with Crippen LogP contribution in [0.25, 0.3) is 0 Å². The lowest BCUT2D eigenvalue weighted by atomic mass is 10.2. The van der Waals surface area contributed by atoms with Crippen molar-refractivity contribution in [1.82, 2.24) is 5.43 Å². The molecule has 0 saturated carbocycles. The molecular weight excluding hydrogens is 206 g/mol. The first-order valence-corrected chi connectivity index (χ1v) is 5.83. The predicted octanol–water partition coefficient (Wildman–Crippen LogP) is 2.49. The number of hydrogen-bond donors (Lipinski definition) is 2. The van der Waals surface area contributed by atoms with E-state index < -0.39 is 0 Å². The molecule has 1 aromatic rings. The van der Waals surface area contributed by atoms with Crippen molar-refractivity contribution >= 4 is 23.0 Å². The molecule has 0 spiro atoms. The Morgan fingerprint density at radius 3 is 2.80 bits per heavy atom. The van der Waals surface area contributed by atoms with Crippen LogP contribution in [0.3, 0.4) is 0 Å². The summed E-state index contributed by atoms with van der Waals surface area (Å²) >= 11 is 1.56. The second kappa shape index (κ2) is 7.06. The van der Waals surface area contributed by atoms with Gasteiger partial charge in [0.1, 0.15) is 5.04 Å². The van der Waals surface area contributed by atoms with E-state index in [1.807, 2.05) is 25.1 Å². The molecule has 0 atom stereocenters. The van der Waals surface area contributed by atoms with E-state index in [0.717, 1.165) is 12.3 Å². The highest BCUT2D eigenvalue weighted by atomic mass is 32.2. The molecule has 0 aliphatic carbocycles. The average Bonchev–Trinajstić information content (AvgIpc) is 2.31. The summed E-state index contributed by atoms with van der Waals surface area (Å²) in [6.45, 7) is 2.76. The molecule has 0 bridgehead atoms. The standard InChI is InChI=1S/C11H15N3S/c1-2-13-14-11(8-12)15-9-10-6-4-3-5-7-10/h3-8,12-13H,2,9H2,1H3/b12-8?,14-11+. The fourth-order valence-electron chi connectivity index (χ4n) is 0.995. The molecule has 0 aliphatic heterocycles. The lowest BCUT2D eigenvalue weighted by molar-refractivity contribution is 0.788. The van der Waals surface area contributed by atoms with Crippen molar-refractivity contribution in [2.24, 2.45) is 5.10 Å². The van der Waals surface area contributed by atoms with Crippen LogP contribution in [-0.2, 0) is 5.75 Å². The maximum atomic E-state index is 7.19. The third kappa shape index (κ3) is 4.65. The first-order valence-electron chi connectivity index (χ1n) is 4.84. The molecule has 0 unspecified atom stereocenters. The van der Waals surface area contributed by atoms with Gasteiger partial charge in [0.2, 0.25) is 0 Å². The summed E-state index contributed by atoms with van der Waals surface area (Å²) in [4.78, 5) is 0. The van der Waals surface area contributed by atoms with Crippen LogP contribution in [0.1, 0.15) is 12.5 Å². The van der Waals surface area contributed by atoms with Crippen molar-refractivity contribution in [3.63, 3.8) is 0 Å². The molecule has 0 fully saturated rings. The number of rotatable bonds is 5. The Balaban J connectivity index is 2.44. The average molecular weight is 221 g/mol. The first-order chi connectivity index (χ1) is 7.36. The van der Waals surface area contributed by atoms with Crippen LogP contribution in [0.2, 0.25) is 0 Å². The normalized spacial score (nSPS) is 11.1. The largest absolute Gasteiger partial charge is 0.309 e. The Hall–Kier alpha value is -1.29. The maximum Gasteiger partial charge on any atom is 0.134 e. The molecule has 0 aromatic heterocycles. The second-order valence-electron chi connectivity index (χ2n) is 2.88. The van der Waals surface area contributed by atoms with Gasteiger partial charge in [0.25, 0.3) is 0 Å². The highest BCUT2D eigenvalue weighted by Gasteiger charge is 1.97. The van der Waals surface area contributed by atoms with E-state index in [4.69, 9.17) is 5.41 Å². The number of hydrazone groups is 1. The fourth-order valence-corrected chi connectivity index (χ4v) is 1.71. The Morgan fingerprint density at radius 1 is 1.47 bits per heavy atom. The highest BCUT2D eigenvalue weighted by Crippen LogP contribution is 2.12. The molecule has 0 saturated heterocycles. The van der Waals surface area contributed by atoms with Crippen LogP contribution >= 0.6 is 11.8 Å². The maximum absolute atomic E-state index is 7.19. The van der Waals surface area contributed by atoms with Crippen LogP contribution in [0, 0.1) is 5.41 Å². The molecule has 0 amide bonds. The van der Waals surface area contributed by atoms with Gasteiger partial charge in [-0.1, -0.05) is 42.1 Å². The van der Waals surface area contributed by atoms with E-state index in [1.165, 1.54) is 11.8 Å². The van der Waals surface area contributed by atoms with E-state index in [-0.39, 0.29) is 0 Å². The zero-order valence-corrected chi connectivity index (χ0v) is 9.55. The van der Waals surface area contributed by atoms with Gasteiger partial charge in [0.05, 0.1) is 6.21 Å². The summed E-state index contributed by atoms with van der Waals surface area (Å²) in [6, 6.07) is 10.2. The van der Waals surface area contributed by atoms with Crippen molar-refractivity contribution in [2.75, 3.05) is 6.54 Å². The smallest absolute Gasteiger partial charge is 0.134 e. The Kier molecular flexibility index (Phi) is 5.55. The van der Waals surface area contributed by atoms with Gasteiger partial charge >= 0.3 is 0 Å². The second-order valence-corrected chi connectivity index (χ2v) is 3.88. The number of thioether (sulfide) groups is 1. The topological polar surface area (TPSA) is 48.2 Å². The predicted molar refractivity (Wildman–Crippen MR) is 67.6 cm³/mol. The minimum absolute atomic E-state index is 0.709. The summed E-state index contributed by atoms with van der Waals surface area (Å²) in [5.41, 5.74) is 4.10. The summed E-state index contributed by atoms with van der Waals surface area (Å²) in [5, 5.41) is 12.0. The van der Waals surface area contributed by atoms with Crippen LogP contribution in [0.15, 0.2) is 35.4 Å². The van der Waals surface area contributed by atoms with Crippen molar-refractivity contribution in [1.29, 1.82) is 5.41 Å². The number of nitrogens with zero attached hydrogens (tertiary/aromatic N) is 1. The van der Waals surface area contributed by atoms with Gasteiger partial charge in [0, 0.05) is 12.3 Å². The van der Waals surface area contributed by atoms with Gasteiger partial charge in [-0.05, 0) is 12.5 Å². The number of nitrogens with one attached hydrogen (secondary N) is 2. The van der Waals surface area contributed by atoms with Crippen LogP contribution in [-0.4, -0.2) is 17.8 Å². The van der Waals surface area contributed by atoms with Crippen LogP contribution in [0.4, 0.5) is 0 Å². The Bertz CT molecular complexity index is 322. The summed E-state index contributed by atoms with van der Waals surface area (Å²) in [5.74, 6) is 0.848. The lowest BCUT2D eigenvalue weighted by Crippen LogP contribution is -2.08. The zero-order chi connectivity index (χ0) is 10.9. The van der Waals surface area contributed by atoms with Gasteiger partial charge in [-0.3, -0.25) is 0 Å². The van der Waals surface area contributed by atoms with E-state index in [0.29, 0.717) is 5.04 Å². The molecule has 1 rings (SSSR count). The molecule has 0 heterocycles. The summed E-state index contributed by atoms with van der Waals surface area (Å²) in [6.07, 6.45) is 1.27. The van der Waals surface area contributed by atoms with Gasteiger partial charge in [-0.25, -0.2) is 0 Å². The molecule has 4 heteroatoms. The lowest BCUT2D eigenvalue weighted by Gasteiger charge is -2.01. The van der Waals surface area contributed by atoms with Gasteiger partial charge < -0.3 is 10.8 Å². The fraction of sp³-hybridized carbons (Fsp3) is 0.273. The van der Waals surface area contributed by atoms with Crippen LogP contribution in [0.5, 0.6) is 0 Å². The van der Waals surface area contributed by atoms with Gasteiger partial charge in [-0.15, -0.1) is 0 Å². The molecule has 0 aliphatic rings. The van der Waals surface area contributed by atoms with Gasteiger partial charge in [0.15, 0.2) is 0 Å². The van der Waals surface area contributed by atoms with Crippen molar-refractivity contribution in [2.45, 2.75) is 12.7 Å². The minimum atomic E-state index is 0.709. The highest BCUT2D eigenvalue weighted by molar-refractivity contribution is 8.14. The van der Waals surface area contributed by atoms with Gasteiger partial charge in [-0.2, -0.15) is 5.10 Å². The molecular formula is C11H15N3S. The molecule has 3 nitrogen and oxygen atoms in total. The molecule has 15 heavy (non-hydrogen) atoms. The number of benzene rings is 1. The quantitative estimate of drug-likeness (QED) is 0.456. The van der Waals surface area contributed by atoms with E-state index in [2.05, 4.69) is 22.7 Å².